The van der Waals surface area contributed by atoms with Gasteiger partial charge in [0.2, 0.25) is 5.82 Å². The molecule has 0 bridgehead atoms. The smallest absolute Gasteiger partial charge is 0.200 e. The van der Waals surface area contributed by atoms with Crippen LogP contribution in [0.4, 0.5) is 13.2 Å². The van der Waals surface area contributed by atoms with Crippen molar-refractivity contribution in [2.45, 2.75) is 77.0 Å². The fourth-order valence-corrected chi connectivity index (χ4v) is 5.76. The van der Waals surface area contributed by atoms with Gasteiger partial charge in [-0.25, -0.2) is 8.78 Å². The van der Waals surface area contributed by atoms with Crippen molar-refractivity contribution in [3.63, 3.8) is 0 Å². The van der Waals surface area contributed by atoms with Crippen LogP contribution in [0.15, 0.2) is 48.3 Å². The van der Waals surface area contributed by atoms with Crippen LogP contribution >= 0.6 is 0 Å². The first-order valence-electron chi connectivity index (χ1n) is 13.1. The summed E-state index contributed by atoms with van der Waals surface area (Å²) in [4.78, 5) is 0. The van der Waals surface area contributed by atoms with E-state index >= 15 is 0 Å². The second-order valence-electron chi connectivity index (χ2n) is 10.2. The van der Waals surface area contributed by atoms with Crippen LogP contribution < -0.4 is 9.47 Å². The van der Waals surface area contributed by atoms with Gasteiger partial charge in [0.05, 0.1) is 19.0 Å². The average Bonchev–Trinajstić information content (AvgIpc) is 2.87. The van der Waals surface area contributed by atoms with Gasteiger partial charge in [-0.05, 0) is 118 Å². The number of rotatable bonds is 8. The van der Waals surface area contributed by atoms with E-state index in [0.717, 1.165) is 57.1 Å². The maximum absolute atomic E-state index is 14.6. The first-order valence-corrected chi connectivity index (χ1v) is 13.1. The molecule has 5 heteroatoms. The monoisotopic (exact) mass is 486 g/mol. The van der Waals surface area contributed by atoms with E-state index in [4.69, 9.17) is 9.47 Å². The molecular weight excluding hydrogens is 449 g/mol. The molecule has 2 nitrogen and oxygen atoms in total. The molecule has 190 valence electrons. The molecule has 2 aliphatic rings. The van der Waals surface area contributed by atoms with Crippen molar-refractivity contribution in [3.8, 4) is 11.5 Å². The lowest BCUT2D eigenvalue weighted by Gasteiger charge is -2.29. The van der Waals surface area contributed by atoms with Crippen molar-refractivity contribution in [1.82, 2.24) is 0 Å². The fraction of sp³-hybridized carbons (Fsp3) is 0.533. The molecule has 35 heavy (non-hydrogen) atoms. The summed E-state index contributed by atoms with van der Waals surface area (Å²) in [5, 5.41) is 0. The Morgan fingerprint density at radius 2 is 1.49 bits per heavy atom. The predicted octanol–water partition coefficient (Wildman–Crippen LogP) is 8.86. The quantitative estimate of drug-likeness (QED) is 0.371. The number of benzene rings is 2. The lowest BCUT2D eigenvalue weighted by molar-refractivity contribution is 0.198. The number of hydrogen-bond acceptors (Lipinski definition) is 2. The maximum Gasteiger partial charge on any atom is 0.200 e. The van der Waals surface area contributed by atoms with E-state index in [-0.39, 0.29) is 17.5 Å². The van der Waals surface area contributed by atoms with Crippen molar-refractivity contribution in [2.24, 2.45) is 11.8 Å². The van der Waals surface area contributed by atoms with Gasteiger partial charge in [0.25, 0.3) is 0 Å². The molecule has 0 aromatic heterocycles. The van der Waals surface area contributed by atoms with Gasteiger partial charge in [0, 0.05) is 0 Å². The Bertz CT molecular complexity index is 981. The average molecular weight is 487 g/mol. The zero-order valence-electron chi connectivity index (χ0n) is 20.9. The molecule has 0 spiro atoms. The van der Waals surface area contributed by atoms with E-state index in [1.54, 1.807) is 25.1 Å². The Balaban J connectivity index is 1.23. The van der Waals surface area contributed by atoms with Crippen LogP contribution in [-0.4, -0.2) is 13.2 Å². The molecule has 0 N–H and O–H groups in total. The SMILES string of the molecule is CCOc1ccc(C2CCC(COc3ccc(C4CCC(C=C(C)F)CC4)cc3)CC2)c(F)c1F. The Morgan fingerprint density at radius 3 is 2.11 bits per heavy atom. The van der Waals surface area contributed by atoms with Gasteiger partial charge in [-0.3, -0.25) is 0 Å². The van der Waals surface area contributed by atoms with Gasteiger partial charge in [-0.1, -0.05) is 24.3 Å². The molecule has 0 unspecified atom stereocenters. The Morgan fingerprint density at radius 1 is 0.829 bits per heavy atom. The second kappa shape index (κ2) is 12.0. The fourth-order valence-electron chi connectivity index (χ4n) is 5.76. The first kappa shape index (κ1) is 25.7. The zero-order valence-corrected chi connectivity index (χ0v) is 20.9. The van der Waals surface area contributed by atoms with Crippen LogP contribution in [0.5, 0.6) is 11.5 Å². The number of allylic oxidation sites excluding steroid dienone is 2. The van der Waals surface area contributed by atoms with Crippen LogP contribution in [0.1, 0.15) is 88.2 Å². The van der Waals surface area contributed by atoms with Gasteiger partial charge in [-0.2, -0.15) is 4.39 Å². The topological polar surface area (TPSA) is 18.5 Å². The summed E-state index contributed by atoms with van der Waals surface area (Å²) >= 11 is 0. The molecule has 2 fully saturated rings. The van der Waals surface area contributed by atoms with Gasteiger partial charge in [0.15, 0.2) is 11.6 Å². The first-order chi connectivity index (χ1) is 16.9. The van der Waals surface area contributed by atoms with Crippen LogP contribution in [0.2, 0.25) is 0 Å². The minimum absolute atomic E-state index is 0.0152. The minimum Gasteiger partial charge on any atom is -0.493 e. The van der Waals surface area contributed by atoms with E-state index in [0.29, 0.717) is 36.5 Å². The minimum atomic E-state index is -0.877. The number of hydrogen-bond donors (Lipinski definition) is 0. The molecular formula is C30H37F3O2. The predicted molar refractivity (Wildman–Crippen MR) is 134 cm³/mol. The van der Waals surface area contributed by atoms with Crippen LogP contribution in [0, 0.1) is 23.5 Å². The molecule has 2 aromatic rings. The van der Waals surface area contributed by atoms with Crippen molar-refractivity contribution < 1.29 is 22.6 Å². The van der Waals surface area contributed by atoms with Crippen LogP contribution in [0.3, 0.4) is 0 Å². The molecule has 0 aliphatic heterocycles. The number of halogens is 3. The zero-order chi connectivity index (χ0) is 24.8. The molecule has 0 atom stereocenters. The number of ether oxygens (including phenoxy) is 2. The molecule has 0 heterocycles. The highest BCUT2D eigenvalue weighted by molar-refractivity contribution is 5.33. The molecule has 2 aliphatic carbocycles. The molecule has 2 saturated carbocycles. The highest BCUT2D eigenvalue weighted by Crippen LogP contribution is 2.40. The normalized spacial score (nSPS) is 25.3. The van der Waals surface area contributed by atoms with E-state index in [1.165, 1.54) is 12.5 Å². The lowest BCUT2D eigenvalue weighted by Crippen LogP contribution is -2.20. The summed E-state index contributed by atoms with van der Waals surface area (Å²) < 4.78 is 53.2. The third-order valence-corrected chi connectivity index (χ3v) is 7.74. The van der Waals surface area contributed by atoms with Crippen molar-refractivity contribution in [2.75, 3.05) is 13.2 Å². The third kappa shape index (κ3) is 6.62. The van der Waals surface area contributed by atoms with Crippen molar-refractivity contribution in [3.05, 3.63) is 71.1 Å². The van der Waals surface area contributed by atoms with Crippen molar-refractivity contribution >= 4 is 0 Å². The highest BCUT2D eigenvalue weighted by atomic mass is 19.2. The Labute approximate surface area is 207 Å². The van der Waals surface area contributed by atoms with E-state index in [9.17, 15) is 13.2 Å². The Kier molecular flexibility index (Phi) is 8.80. The van der Waals surface area contributed by atoms with Gasteiger partial charge < -0.3 is 9.47 Å². The molecule has 0 amide bonds. The summed E-state index contributed by atoms with van der Waals surface area (Å²) in [5.41, 5.74) is 1.80. The molecule has 4 rings (SSSR count). The van der Waals surface area contributed by atoms with Crippen molar-refractivity contribution in [1.29, 1.82) is 0 Å². The summed E-state index contributed by atoms with van der Waals surface area (Å²) in [6.07, 6.45) is 9.58. The summed E-state index contributed by atoms with van der Waals surface area (Å²) in [6, 6.07) is 11.7. The molecule has 0 saturated heterocycles. The Hall–Kier alpha value is -2.43. The third-order valence-electron chi connectivity index (χ3n) is 7.74. The summed E-state index contributed by atoms with van der Waals surface area (Å²) in [7, 11) is 0. The molecule has 0 radical (unpaired) electrons. The maximum atomic E-state index is 14.6. The van der Waals surface area contributed by atoms with Gasteiger partial charge in [0.1, 0.15) is 5.75 Å². The highest BCUT2D eigenvalue weighted by Gasteiger charge is 2.27. The van der Waals surface area contributed by atoms with Crippen LogP contribution in [0.25, 0.3) is 0 Å². The van der Waals surface area contributed by atoms with E-state index < -0.39 is 11.6 Å². The standard InChI is InChI=1S/C30H37F3O2/c1-3-34-28-17-16-27(29(32)30(28)33)25-10-6-22(7-11-25)19-35-26-14-12-24(13-15-26)23-8-4-21(5-9-23)18-20(2)31/h12-18,21-23,25H,3-11,19H2,1-2H3. The van der Waals surface area contributed by atoms with Crippen LogP contribution in [-0.2, 0) is 0 Å². The largest absolute Gasteiger partial charge is 0.493 e. The van der Waals surface area contributed by atoms with E-state index in [2.05, 4.69) is 24.3 Å². The van der Waals surface area contributed by atoms with Gasteiger partial charge >= 0.3 is 0 Å². The summed E-state index contributed by atoms with van der Waals surface area (Å²) in [6.45, 7) is 4.24. The van der Waals surface area contributed by atoms with E-state index in [1.807, 2.05) is 0 Å². The molecule has 2 aromatic carbocycles. The lowest BCUT2D eigenvalue weighted by atomic mass is 9.78. The van der Waals surface area contributed by atoms with Gasteiger partial charge in [-0.15, -0.1) is 0 Å². The summed E-state index contributed by atoms with van der Waals surface area (Å²) in [5.74, 6) is 0.519. The second-order valence-corrected chi connectivity index (χ2v) is 10.2.